The lowest BCUT2D eigenvalue weighted by Crippen LogP contribution is -2.48. The first-order valence-corrected chi connectivity index (χ1v) is 11.6. The van der Waals surface area contributed by atoms with Crippen molar-refractivity contribution in [2.75, 3.05) is 46.9 Å². The number of aliphatic hydroxyl groups excluding tert-OH is 1. The van der Waals surface area contributed by atoms with Crippen LogP contribution in [0.4, 0.5) is 4.79 Å². The fourth-order valence-electron chi connectivity index (χ4n) is 4.13. The summed E-state index contributed by atoms with van der Waals surface area (Å²) in [6.07, 6.45) is -0.481. The van der Waals surface area contributed by atoms with Gasteiger partial charge in [0.1, 0.15) is 0 Å². The maximum atomic E-state index is 12.5. The van der Waals surface area contributed by atoms with Crippen molar-refractivity contribution in [3.8, 4) is 5.06 Å². The van der Waals surface area contributed by atoms with E-state index in [9.17, 15) is 9.90 Å². The van der Waals surface area contributed by atoms with Crippen LogP contribution >= 0.6 is 22.9 Å². The van der Waals surface area contributed by atoms with Crippen molar-refractivity contribution in [2.24, 2.45) is 0 Å². The lowest BCUT2D eigenvalue weighted by Gasteiger charge is -2.37. The van der Waals surface area contributed by atoms with E-state index < -0.39 is 6.29 Å². The molecule has 2 aromatic rings. The smallest absolute Gasteiger partial charge is 0.399 e. The summed E-state index contributed by atoms with van der Waals surface area (Å²) in [6, 6.07) is 9.08. The summed E-state index contributed by atoms with van der Waals surface area (Å²) in [5, 5.41) is 11.8. The Bertz CT molecular complexity index is 916. The molecular weight excluding hydrogens is 438 g/mol. The molecule has 1 saturated heterocycles. The Morgan fingerprint density at radius 3 is 2.65 bits per heavy atom. The van der Waals surface area contributed by atoms with Gasteiger partial charge in [-0.3, -0.25) is 4.90 Å². The van der Waals surface area contributed by atoms with Crippen LogP contribution in [0.5, 0.6) is 5.06 Å². The topological polar surface area (TPSA) is 65.5 Å². The van der Waals surface area contributed by atoms with Crippen LogP contribution in [0.2, 0.25) is 5.02 Å². The summed E-state index contributed by atoms with van der Waals surface area (Å²) in [5.74, 6) is 0. The molecule has 2 aliphatic heterocycles. The maximum Gasteiger partial charge on any atom is 0.416 e. The molecule has 1 N–H and O–H groups in total. The van der Waals surface area contributed by atoms with Gasteiger partial charge >= 0.3 is 6.09 Å². The highest BCUT2D eigenvalue weighted by Crippen LogP contribution is 2.38. The van der Waals surface area contributed by atoms with E-state index in [1.54, 1.807) is 4.90 Å². The van der Waals surface area contributed by atoms with E-state index in [1.165, 1.54) is 23.3 Å². The predicted octanol–water partition coefficient (Wildman–Crippen LogP) is 3.21. The third kappa shape index (κ3) is 5.05. The minimum Gasteiger partial charge on any atom is -0.399 e. The van der Waals surface area contributed by atoms with E-state index in [4.69, 9.17) is 21.1 Å². The molecule has 0 unspecified atom stereocenters. The van der Waals surface area contributed by atoms with Gasteiger partial charge in [0, 0.05) is 56.3 Å². The Kier molecular flexibility index (Phi) is 7.15. The second-order valence-corrected chi connectivity index (χ2v) is 9.49. The second kappa shape index (κ2) is 9.85. The monoisotopic (exact) mass is 465 g/mol. The zero-order valence-electron chi connectivity index (χ0n) is 17.8. The molecule has 0 bridgehead atoms. The molecule has 4 rings (SSSR count). The number of carbonyl (C=O) groups excluding carboxylic acids is 1. The molecule has 7 nitrogen and oxygen atoms in total. The average molecular weight is 466 g/mol. The Balaban J connectivity index is 1.47. The first-order valence-electron chi connectivity index (χ1n) is 10.4. The molecule has 3 heterocycles. The van der Waals surface area contributed by atoms with Crippen LogP contribution in [0.1, 0.15) is 22.0 Å². The zero-order chi connectivity index (χ0) is 22.0. The summed E-state index contributed by atoms with van der Waals surface area (Å²) >= 11 is 7.96. The van der Waals surface area contributed by atoms with Gasteiger partial charge in [-0.2, -0.15) is 0 Å². The minimum absolute atomic E-state index is 0.285. The highest BCUT2D eigenvalue weighted by molar-refractivity contribution is 7.14. The van der Waals surface area contributed by atoms with Crippen molar-refractivity contribution < 1.29 is 19.4 Å². The van der Waals surface area contributed by atoms with Crippen LogP contribution in [0.3, 0.4) is 0 Å². The fourth-order valence-corrected chi connectivity index (χ4v) is 5.38. The number of rotatable bonds is 5. The van der Waals surface area contributed by atoms with Crippen molar-refractivity contribution >= 4 is 29.0 Å². The number of thiophene rings is 1. The van der Waals surface area contributed by atoms with Gasteiger partial charge in [0.25, 0.3) is 0 Å². The normalized spacial score (nSPS) is 19.7. The van der Waals surface area contributed by atoms with E-state index in [0.29, 0.717) is 29.7 Å². The molecule has 9 heteroatoms. The molecule has 0 aliphatic carbocycles. The van der Waals surface area contributed by atoms with E-state index in [-0.39, 0.29) is 12.1 Å². The van der Waals surface area contributed by atoms with Gasteiger partial charge in [-0.1, -0.05) is 29.8 Å². The Morgan fingerprint density at radius 1 is 1.19 bits per heavy atom. The number of fused-ring (bicyclic) bond motifs is 1. The molecule has 31 heavy (non-hydrogen) atoms. The van der Waals surface area contributed by atoms with Gasteiger partial charge in [0.05, 0.1) is 6.04 Å². The SMILES string of the molecule is CO[C@H](O)[C@H](c1ccccc1Cl)N1CCc2sc(OC(=O)N3CCN(C)CC3)cc2C1. The number of hydrogen-bond acceptors (Lipinski definition) is 7. The molecule has 1 amide bonds. The summed E-state index contributed by atoms with van der Waals surface area (Å²) in [5.41, 5.74) is 1.94. The van der Waals surface area contributed by atoms with Crippen molar-refractivity contribution in [1.29, 1.82) is 0 Å². The number of piperazine rings is 1. The van der Waals surface area contributed by atoms with E-state index in [0.717, 1.165) is 37.2 Å². The summed E-state index contributed by atoms with van der Waals surface area (Å²) in [4.78, 5) is 19.9. The van der Waals surface area contributed by atoms with Gasteiger partial charge in [-0.05, 0) is 36.7 Å². The van der Waals surface area contributed by atoms with Crippen LogP contribution in [-0.2, 0) is 17.7 Å². The molecule has 0 spiro atoms. The number of methoxy groups -OCH3 is 1. The van der Waals surface area contributed by atoms with Crippen molar-refractivity contribution in [1.82, 2.24) is 14.7 Å². The van der Waals surface area contributed by atoms with E-state index in [2.05, 4.69) is 16.8 Å². The molecular formula is C22H28ClN3O4S. The van der Waals surface area contributed by atoms with Gasteiger partial charge in [-0.15, -0.1) is 11.3 Å². The number of likely N-dealkylation sites (N-methyl/N-ethyl adjacent to an activating group) is 1. The highest BCUT2D eigenvalue weighted by atomic mass is 35.5. The largest absolute Gasteiger partial charge is 0.416 e. The fraction of sp³-hybridized carbons (Fsp3) is 0.500. The quantitative estimate of drug-likeness (QED) is 0.684. The van der Waals surface area contributed by atoms with Crippen molar-refractivity contribution in [2.45, 2.75) is 25.3 Å². The minimum atomic E-state index is -1.00. The first kappa shape index (κ1) is 22.5. The van der Waals surface area contributed by atoms with Gasteiger partial charge in [0.2, 0.25) is 0 Å². The Morgan fingerprint density at radius 2 is 1.94 bits per heavy atom. The Hall–Kier alpha value is -1.68. The van der Waals surface area contributed by atoms with Crippen LogP contribution < -0.4 is 4.74 Å². The number of carbonyl (C=O) groups is 1. The molecule has 1 fully saturated rings. The van der Waals surface area contributed by atoms with Crippen LogP contribution in [0, 0.1) is 0 Å². The van der Waals surface area contributed by atoms with Crippen molar-refractivity contribution in [3.63, 3.8) is 0 Å². The standard InChI is InChI=1S/C22H28ClN3O4S/c1-24-9-11-25(12-10-24)22(28)30-19-13-15-14-26(8-7-18(15)31-19)20(21(27)29-2)16-5-3-4-6-17(16)23/h3-6,13,20-21,27H,7-12,14H2,1-2H3/t20-,21-/m0/s1. The summed E-state index contributed by atoms with van der Waals surface area (Å²) < 4.78 is 11.0. The lowest BCUT2D eigenvalue weighted by atomic mass is 10.0. The molecule has 168 valence electrons. The third-order valence-electron chi connectivity index (χ3n) is 5.95. The molecule has 1 aromatic carbocycles. The van der Waals surface area contributed by atoms with Crippen LogP contribution in [-0.4, -0.2) is 79.1 Å². The summed E-state index contributed by atoms with van der Waals surface area (Å²) in [7, 11) is 3.54. The van der Waals surface area contributed by atoms with Gasteiger partial charge in [0.15, 0.2) is 11.4 Å². The maximum absolute atomic E-state index is 12.5. The number of benzene rings is 1. The first-order chi connectivity index (χ1) is 15.0. The number of nitrogens with zero attached hydrogens (tertiary/aromatic N) is 3. The molecule has 2 atom stereocenters. The van der Waals surface area contributed by atoms with E-state index >= 15 is 0 Å². The number of amides is 1. The molecule has 1 aromatic heterocycles. The third-order valence-corrected chi connectivity index (χ3v) is 7.41. The number of halogens is 1. The predicted molar refractivity (Wildman–Crippen MR) is 121 cm³/mol. The summed E-state index contributed by atoms with van der Waals surface area (Å²) in [6.45, 7) is 4.45. The zero-order valence-corrected chi connectivity index (χ0v) is 19.4. The van der Waals surface area contributed by atoms with Crippen LogP contribution in [0.25, 0.3) is 0 Å². The number of ether oxygens (including phenoxy) is 2. The van der Waals surface area contributed by atoms with Crippen molar-refractivity contribution in [3.05, 3.63) is 51.4 Å². The Labute approximate surface area is 191 Å². The average Bonchev–Trinajstić information content (AvgIpc) is 3.17. The van der Waals surface area contributed by atoms with Gasteiger partial charge in [-0.25, -0.2) is 4.79 Å². The highest BCUT2D eigenvalue weighted by Gasteiger charge is 2.33. The number of hydrogen-bond donors (Lipinski definition) is 1. The number of aliphatic hydroxyl groups is 1. The van der Waals surface area contributed by atoms with Crippen LogP contribution in [0.15, 0.2) is 30.3 Å². The lowest BCUT2D eigenvalue weighted by molar-refractivity contribution is -0.129. The second-order valence-electron chi connectivity index (χ2n) is 7.99. The molecule has 2 aliphatic rings. The molecule has 0 saturated carbocycles. The van der Waals surface area contributed by atoms with Gasteiger partial charge < -0.3 is 24.4 Å². The van der Waals surface area contributed by atoms with E-state index in [1.807, 2.05) is 30.3 Å². The molecule has 0 radical (unpaired) electrons.